The van der Waals surface area contributed by atoms with Crippen LogP contribution in [0.2, 0.25) is 0 Å². The first-order valence-electron chi connectivity index (χ1n) is 11.6. The third-order valence-electron chi connectivity index (χ3n) is 5.63. The van der Waals surface area contributed by atoms with Gasteiger partial charge in [0.1, 0.15) is 0 Å². The van der Waals surface area contributed by atoms with Crippen LogP contribution in [-0.4, -0.2) is 85.1 Å². The van der Waals surface area contributed by atoms with E-state index < -0.39 is 0 Å². The summed E-state index contributed by atoms with van der Waals surface area (Å²) in [6, 6.07) is 0. The van der Waals surface area contributed by atoms with E-state index in [9.17, 15) is 9.59 Å². The molecule has 2 aliphatic carbocycles. The van der Waals surface area contributed by atoms with Crippen molar-refractivity contribution in [3.63, 3.8) is 0 Å². The second kappa shape index (κ2) is 16.7. The fourth-order valence-electron chi connectivity index (χ4n) is 3.78. The van der Waals surface area contributed by atoms with Gasteiger partial charge in [-0.25, -0.2) is 4.79 Å². The van der Waals surface area contributed by atoms with Crippen LogP contribution in [0.25, 0.3) is 0 Å². The summed E-state index contributed by atoms with van der Waals surface area (Å²) < 4.78 is 26.8. The summed E-state index contributed by atoms with van der Waals surface area (Å²) in [4.78, 5) is 22.8. The highest BCUT2D eigenvalue weighted by molar-refractivity contribution is 5.75. The van der Waals surface area contributed by atoms with Crippen LogP contribution in [0, 0.1) is 29.6 Å². The van der Waals surface area contributed by atoms with Crippen LogP contribution in [0.5, 0.6) is 0 Å². The average molecular weight is 455 g/mol. The van der Waals surface area contributed by atoms with E-state index in [0.29, 0.717) is 90.2 Å². The lowest BCUT2D eigenvalue weighted by atomic mass is 10.1. The van der Waals surface area contributed by atoms with Crippen LogP contribution in [0.15, 0.2) is 0 Å². The topological polar surface area (TPSA) is 104 Å². The first-order valence-corrected chi connectivity index (χ1v) is 11.6. The third-order valence-corrected chi connectivity index (χ3v) is 5.63. The third kappa shape index (κ3) is 11.7. The van der Waals surface area contributed by atoms with Crippen molar-refractivity contribution in [3.8, 4) is 11.8 Å². The van der Waals surface area contributed by atoms with E-state index in [-0.39, 0.29) is 12.0 Å². The molecule has 0 radical (unpaired) electrons. The van der Waals surface area contributed by atoms with Gasteiger partial charge in [-0.15, -0.1) is 11.8 Å². The molecule has 0 aromatic rings. The monoisotopic (exact) mass is 454 g/mol. The number of rotatable bonds is 17. The maximum absolute atomic E-state index is 11.8. The van der Waals surface area contributed by atoms with Gasteiger partial charge in [-0.3, -0.25) is 4.79 Å². The van der Waals surface area contributed by atoms with E-state index in [1.807, 2.05) is 0 Å². The Morgan fingerprint density at radius 3 is 1.91 bits per heavy atom. The summed E-state index contributed by atoms with van der Waals surface area (Å²) in [5, 5.41) is 5.25. The minimum absolute atomic E-state index is 0.0371. The standard InChI is InChI=1S/C23H38N2O7/c1-24-22(26)8-10-28-12-14-30-16-17-31-15-13-29-11-9-25-23(27)32-18-21-19-6-4-2-3-5-7-20(19)21/h19-21H,4-18H2,1H3,(H,24,26)(H,25,27)/t19-,20+,21-. The van der Waals surface area contributed by atoms with E-state index in [1.54, 1.807) is 7.05 Å². The zero-order valence-corrected chi connectivity index (χ0v) is 19.2. The molecule has 32 heavy (non-hydrogen) atoms. The van der Waals surface area contributed by atoms with Crippen molar-refractivity contribution in [2.45, 2.75) is 32.1 Å². The second-order valence-corrected chi connectivity index (χ2v) is 7.82. The van der Waals surface area contributed by atoms with Gasteiger partial charge in [0.2, 0.25) is 5.91 Å². The van der Waals surface area contributed by atoms with Crippen molar-refractivity contribution in [1.29, 1.82) is 0 Å². The van der Waals surface area contributed by atoms with Crippen LogP contribution < -0.4 is 10.6 Å². The molecule has 3 atom stereocenters. The van der Waals surface area contributed by atoms with E-state index in [4.69, 9.17) is 23.7 Å². The van der Waals surface area contributed by atoms with E-state index in [2.05, 4.69) is 22.5 Å². The van der Waals surface area contributed by atoms with Crippen LogP contribution in [0.4, 0.5) is 4.79 Å². The molecule has 0 saturated heterocycles. The predicted molar refractivity (Wildman–Crippen MR) is 118 cm³/mol. The van der Waals surface area contributed by atoms with Crippen molar-refractivity contribution in [2.75, 3.05) is 73.1 Å². The highest BCUT2D eigenvalue weighted by Gasteiger charge is 2.49. The fraction of sp³-hybridized carbons (Fsp3) is 0.826. The molecule has 0 heterocycles. The highest BCUT2D eigenvalue weighted by Crippen LogP contribution is 2.52. The number of carbonyl (C=O) groups excluding carboxylic acids is 2. The van der Waals surface area contributed by atoms with Crippen LogP contribution in [0.1, 0.15) is 32.1 Å². The zero-order chi connectivity index (χ0) is 22.9. The molecule has 0 unspecified atom stereocenters. The van der Waals surface area contributed by atoms with Gasteiger partial charge in [0.05, 0.1) is 59.5 Å². The first-order chi connectivity index (χ1) is 15.7. The molecule has 2 aliphatic rings. The van der Waals surface area contributed by atoms with Crippen LogP contribution in [0.3, 0.4) is 0 Å². The molecule has 9 heteroatoms. The zero-order valence-electron chi connectivity index (χ0n) is 19.2. The lowest BCUT2D eigenvalue weighted by Gasteiger charge is -2.09. The molecule has 0 aliphatic heterocycles. The lowest BCUT2D eigenvalue weighted by molar-refractivity contribution is -0.121. The summed E-state index contributed by atoms with van der Waals surface area (Å²) in [6.45, 7) is 4.49. The van der Waals surface area contributed by atoms with Crippen molar-refractivity contribution in [1.82, 2.24) is 10.6 Å². The van der Waals surface area contributed by atoms with Crippen LogP contribution >= 0.6 is 0 Å². The Hall–Kier alpha value is -1.86. The number of ether oxygens (including phenoxy) is 5. The van der Waals surface area contributed by atoms with E-state index in [1.165, 1.54) is 0 Å². The summed E-state index contributed by atoms with van der Waals surface area (Å²) >= 11 is 0. The summed E-state index contributed by atoms with van der Waals surface area (Å²) in [5.74, 6) is 8.20. The SMILES string of the molecule is CNC(=O)CCOCCOCCOCCOCCNC(=O)OC[C@@H]1[C@@H]2CCC#CCC[C@@H]21. The molecule has 2 amide bonds. The molecular formula is C23H38N2O7. The molecule has 0 aromatic heterocycles. The van der Waals surface area contributed by atoms with Gasteiger partial charge in [-0.05, 0) is 30.6 Å². The maximum Gasteiger partial charge on any atom is 0.407 e. The summed E-state index contributed by atoms with van der Waals surface area (Å²) in [5.41, 5.74) is 0. The Morgan fingerprint density at radius 2 is 1.34 bits per heavy atom. The van der Waals surface area contributed by atoms with Gasteiger partial charge in [-0.1, -0.05) is 0 Å². The number of hydrogen-bond acceptors (Lipinski definition) is 7. The lowest BCUT2D eigenvalue weighted by Crippen LogP contribution is -2.29. The fourth-order valence-corrected chi connectivity index (χ4v) is 3.78. The average Bonchev–Trinajstić information content (AvgIpc) is 3.43. The Bertz CT molecular complexity index is 587. The van der Waals surface area contributed by atoms with Gasteiger partial charge < -0.3 is 34.3 Å². The Morgan fingerprint density at radius 1 is 0.812 bits per heavy atom. The number of hydrogen-bond donors (Lipinski definition) is 2. The molecule has 1 fully saturated rings. The number of nitrogens with one attached hydrogen (secondary N) is 2. The molecule has 0 spiro atoms. The molecule has 0 aromatic carbocycles. The van der Waals surface area contributed by atoms with Gasteiger partial charge in [0.25, 0.3) is 0 Å². The number of alkyl carbamates (subject to hydrolysis) is 1. The minimum Gasteiger partial charge on any atom is -0.449 e. The smallest absolute Gasteiger partial charge is 0.407 e. The van der Waals surface area contributed by atoms with E-state index in [0.717, 1.165) is 25.7 Å². The molecule has 182 valence electrons. The molecule has 2 rings (SSSR count). The van der Waals surface area contributed by atoms with Gasteiger partial charge in [0.15, 0.2) is 0 Å². The van der Waals surface area contributed by atoms with Crippen molar-refractivity contribution >= 4 is 12.0 Å². The number of carbonyl (C=O) groups is 2. The molecule has 9 nitrogen and oxygen atoms in total. The first kappa shape index (κ1) is 26.4. The number of fused-ring (bicyclic) bond motifs is 1. The largest absolute Gasteiger partial charge is 0.449 e. The summed E-state index contributed by atoms with van der Waals surface area (Å²) in [6.07, 6.45) is 4.17. The normalized spacial score (nSPS) is 21.3. The van der Waals surface area contributed by atoms with Gasteiger partial charge in [0, 0.05) is 32.9 Å². The molecule has 1 saturated carbocycles. The molecular weight excluding hydrogens is 416 g/mol. The van der Waals surface area contributed by atoms with Crippen molar-refractivity contribution in [3.05, 3.63) is 0 Å². The van der Waals surface area contributed by atoms with Crippen molar-refractivity contribution in [2.24, 2.45) is 17.8 Å². The Labute approximate surface area is 191 Å². The van der Waals surface area contributed by atoms with Crippen LogP contribution in [-0.2, 0) is 28.5 Å². The van der Waals surface area contributed by atoms with Gasteiger partial charge in [-0.2, -0.15) is 0 Å². The van der Waals surface area contributed by atoms with E-state index >= 15 is 0 Å². The second-order valence-electron chi connectivity index (χ2n) is 7.82. The Balaban J connectivity index is 1.28. The molecule has 2 N–H and O–H groups in total. The van der Waals surface area contributed by atoms with Gasteiger partial charge >= 0.3 is 6.09 Å². The predicted octanol–water partition coefficient (Wildman–Crippen LogP) is 1.35. The highest BCUT2D eigenvalue weighted by atomic mass is 16.6. The Kier molecular flexibility index (Phi) is 13.8. The minimum atomic E-state index is -0.380. The van der Waals surface area contributed by atoms with Crippen molar-refractivity contribution < 1.29 is 33.3 Å². The number of amides is 2. The molecule has 0 bridgehead atoms. The maximum atomic E-state index is 11.8. The quantitative estimate of drug-likeness (QED) is 0.253. The summed E-state index contributed by atoms with van der Waals surface area (Å²) in [7, 11) is 1.60.